The van der Waals surface area contributed by atoms with Crippen molar-refractivity contribution in [1.29, 1.82) is 0 Å². The van der Waals surface area contributed by atoms with Crippen LogP contribution in [0.5, 0.6) is 0 Å². The summed E-state index contributed by atoms with van der Waals surface area (Å²) in [5, 5.41) is 1.14. The first kappa shape index (κ1) is 17.0. The van der Waals surface area contributed by atoms with Crippen LogP contribution in [0.1, 0.15) is 30.1 Å². The number of nitrogens with one attached hydrogen (secondary N) is 1. The van der Waals surface area contributed by atoms with Crippen molar-refractivity contribution in [2.24, 2.45) is 7.05 Å². The molecular weight excluding hydrogens is 348 g/mol. The minimum absolute atomic E-state index is 0.202. The van der Waals surface area contributed by atoms with Crippen molar-refractivity contribution in [3.8, 4) is 0 Å². The molecule has 3 heterocycles. The fraction of sp³-hybridized carbons (Fsp3) is 0.304. The van der Waals surface area contributed by atoms with Crippen molar-refractivity contribution in [2.75, 3.05) is 13.1 Å². The zero-order chi connectivity index (χ0) is 19.1. The lowest BCUT2D eigenvalue weighted by molar-refractivity contribution is -0.131. The Bertz CT molecular complexity index is 1160. The predicted octanol–water partition coefficient (Wildman–Crippen LogP) is 4.00. The third kappa shape index (κ3) is 2.87. The first-order valence-electron chi connectivity index (χ1n) is 9.95. The van der Waals surface area contributed by atoms with Crippen LogP contribution in [-0.4, -0.2) is 38.4 Å². The van der Waals surface area contributed by atoms with Gasteiger partial charge in [-0.25, -0.2) is 4.98 Å². The molecule has 5 heteroatoms. The van der Waals surface area contributed by atoms with Crippen LogP contribution in [-0.2, 0) is 18.3 Å². The lowest BCUT2D eigenvalue weighted by Gasteiger charge is -2.32. The Morgan fingerprint density at radius 2 is 2.00 bits per heavy atom. The molecule has 0 radical (unpaired) electrons. The van der Waals surface area contributed by atoms with Crippen LogP contribution in [0, 0.1) is 0 Å². The van der Waals surface area contributed by atoms with E-state index in [-0.39, 0.29) is 11.8 Å². The highest BCUT2D eigenvalue weighted by molar-refractivity contribution is 5.89. The van der Waals surface area contributed by atoms with Gasteiger partial charge in [0.05, 0.1) is 17.5 Å². The van der Waals surface area contributed by atoms with Gasteiger partial charge in [0.1, 0.15) is 5.82 Å². The first-order valence-corrected chi connectivity index (χ1v) is 9.95. The number of para-hydroxylation sites is 3. The Morgan fingerprint density at radius 3 is 2.89 bits per heavy atom. The van der Waals surface area contributed by atoms with Gasteiger partial charge in [-0.05, 0) is 36.6 Å². The molecule has 2 aromatic carbocycles. The number of nitrogens with zero attached hydrogens (tertiary/aromatic N) is 3. The van der Waals surface area contributed by atoms with E-state index in [1.165, 1.54) is 0 Å². The zero-order valence-corrected chi connectivity index (χ0v) is 16.1. The van der Waals surface area contributed by atoms with E-state index in [2.05, 4.69) is 34.8 Å². The Labute approximate surface area is 164 Å². The van der Waals surface area contributed by atoms with Gasteiger partial charge in [-0.3, -0.25) is 4.79 Å². The van der Waals surface area contributed by atoms with Gasteiger partial charge in [-0.2, -0.15) is 0 Å². The SMILES string of the molecule is Cn1c(C2CCCN(C(=O)Cc3c[nH]c4ccccc34)C2)nc2ccccc21. The Morgan fingerprint density at radius 1 is 1.18 bits per heavy atom. The second kappa shape index (κ2) is 6.82. The average Bonchev–Trinajstić information content (AvgIpc) is 3.30. The molecule has 0 spiro atoms. The van der Waals surface area contributed by atoms with E-state index in [9.17, 15) is 4.79 Å². The third-order valence-corrected chi connectivity index (χ3v) is 5.98. The number of fused-ring (bicyclic) bond motifs is 2. The number of H-pyrrole nitrogens is 1. The van der Waals surface area contributed by atoms with Crippen LogP contribution in [0.3, 0.4) is 0 Å². The molecule has 4 aromatic rings. The van der Waals surface area contributed by atoms with E-state index in [0.717, 1.165) is 59.3 Å². The lowest BCUT2D eigenvalue weighted by Crippen LogP contribution is -2.40. The summed E-state index contributed by atoms with van der Waals surface area (Å²) in [6, 6.07) is 16.4. The molecule has 0 aliphatic carbocycles. The molecule has 142 valence electrons. The highest BCUT2D eigenvalue weighted by Crippen LogP contribution is 2.29. The van der Waals surface area contributed by atoms with E-state index >= 15 is 0 Å². The molecule has 5 rings (SSSR count). The molecule has 1 aliphatic rings. The van der Waals surface area contributed by atoms with Crippen LogP contribution in [0.2, 0.25) is 0 Å². The summed E-state index contributed by atoms with van der Waals surface area (Å²) >= 11 is 0. The molecule has 1 saturated heterocycles. The predicted molar refractivity (Wildman–Crippen MR) is 111 cm³/mol. The van der Waals surface area contributed by atoms with Crippen LogP contribution in [0.15, 0.2) is 54.7 Å². The highest BCUT2D eigenvalue weighted by Gasteiger charge is 2.28. The minimum Gasteiger partial charge on any atom is -0.361 e. The Kier molecular flexibility index (Phi) is 4.15. The van der Waals surface area contributed by atoms with Crippen LogP contribution in [0.4, 0.5) is 0 Å². The number of carbonyl (C=O) groups is 1. The van der Waals surface area contributed by atoms with Crippen molar-refractivity contribution < 1.29 is 4.79 Å². The summed E-state index contributed by atoms with van der Waals surface area (Å²) in [5.41, 5.74) is 4.34. The maximum Gasteiger partial charge on any atom is 0.227 e. The summed E-state index contributed by atoms with van der Waals surface area (Å²) in [5.74, 6) is 1.58. The molecule has 1 fully saturated rings. The summed E-state index contributed by atoms with van der Waals surface area (Å²) in [6.07, 6.45) is 4.51. The Balaban J connectivity index is 1.36. The molecule has 1 amide bonds. The molecular formula is C23H24N4O. The number of rotatable bonds is 3. The van der Waals surface area contributed by atoms with E-state index in [1.54, 1.807) is 0 Å². The highest BCUT2D eigenvalue weighted by atomic mass is 16.2. The summed E-state index contributed by atoms with van der Waals surface area (Å²) in [7, 11) is 2.08. The molecule has 0 saturated carbocycles. The van der Waals surface area contributed by atoms with Gasteiger partial charge in [0.15, 0.2) is 0 Å². The number of benzene rings is 2. The molecule has 1 atom stereocenters. The number of aromatic amines is 1. The molecule has 2 aromatic heterocycles. The fourth-order valence-electron chi connectivity index (χ4n) is 4.50. The summed E-state index contributed by atoms with van der Waals surface area (Å²) in [6.45, 7) is 1.58. The number of carbonyl (C=O) groups excluding carboxylic acids is 1. The monoisotopic (exact) mass is 372 g/mol. The van der Waals surface area contributed by atoms with Crippen molar-refractivity contribution in [2.45, 2.75) is 25.2 Å². The molecule has 1 aliphatic heterocycles. The number of aryl methyl sites for hydroxylation is 1. The van der Waals surface area contributed by atoms with E-state index in [4.69, 9.17) is 4.98 Å². The first-order chi connectivity index (χ1) is 13.7. The van der Waals surface area contributed by atoms with E-state index < -0.39 is 0 Å². The van der Waals surface area contributed by atoms with Crippen molar-refractivity contribution in [3.05, 3.63) is 66.1 Å². The van der Waals surface area contributed by atoms with Gasteiger partial charge < -0.3 is 14.5 Å². The molecule has 28 heavy (non-hydrogen) atoms. The average molecular weight is 372 g/mol. The lowest BCUT2D eigenvalue weighted by atomic mass is 9.96. The van der Waals surface area contributed by atoms with Crippen molar-refractivity contribution in [1.82, 2.24) is 19.4 Å². The van der Waals surface area contributed by atoms with Crippen molar-refractivity contribution >= 4 is 27.8 Å². The number of amides is 1. The van der Waals surface area contributed by atoms with E-state index in [1.807, 2.05) is 41.4 Å². The number of aromatic nitrogens is 3. The van der Waals surface area contributed by atoms with Gasteiger partial charge in [0.2, 0.25) is 5.91 Å². The fourth-order valence-corrected chi connectivity index (χ4v) is 4.50. The van der Waals surface area contributed by atoms with Crippen LogP contribution >= 0.6 is 0 Å². The van der Waals surface area contributed by atoms with Gasteiger partial charge in [0, 0.05) is 43.2 Å². The topological polar surface area (TPSA) is 53.9 Å². The maximum absolute atomic E-state index is 13.0. The van der Waals surface area contributed by atoms with Crippen LogP contribution in [0.25, 0.3) is 21.9 Å². The van der Waals surface area contributed by atoms with Gasteiger partial charge in [-0.1, -0.05) is 30.3 Å². The third-order valence-electron chi connectivity index (χ3n) is 5.98. The number of piperidine rings is 1. The second-order valence-electron chi connectivity index (χ2n) is 7.73. The Hall–Kier alpha value is -3.08. The standard InChI is InChI=1S/C23H24N4O/c1-26-21-11-5-4-10-20(21)25-23(26)16-7-6-12-27(15-16)22(28)13-17-14-24-19-9-3-2-8-18(17)19/h2-5,8-11,14,16,24H,6-7,12-13,15H2,1H3. The molecule has 1 unspecified atom stereocenters. The summed E-state index contributed by atoms with van der Waals surface area (Å²) < 4.78 is 2.19. The normalized spacial score (nSPS) is 17.5. The van der Waals surface area contributed by atoms with Crippen LogP contribution < -0.4 is 0 Å². The number of imidazole rings is 1. The van der Waals surface area contributed by atoms with Gasteiger partial charge in [-0.15, -0.1) is 0 Å². The molecule has 1 N–H and O–H groups in total. The van der Waals surface area contributed by atoms with E-state index in [0.29, 0.717) is 6.42 Å². The second-order valence-corrected chi connectivity index (χ2v) is 7.73. The molecule has 0 bridgehead atoms. The number of hydrogen-bond donors (Lipinski definition) is 1. The number of likely N-dealkylation sites (tertiary alicyclic amines) is 1. The minimum atomic E-state index is 0.202. The van der Waals surface area contributed by atoms with Gasteiger partial charge >= 0.3 is 0 Å². The van der Waals surface area contributed by atoms with Gasteiger partial charge in [0.25, 0.3) is 0 Å². The smallest absolute Gasteiger partial charge is 0.227 e. The summed E-state index contributed by atoms with van der Waals surface area (Å²) in [4.78, 5) is 23.2. The number of hydrogen-bond acceptors (Lipinski definition) is 2. The quantitative estimate of drug-likeness (QED) is 0.591. The maximum atomic E-state index is 13.0. The molecule has 5 nitrogen and oxygen atoms in total. The van der Waals surface area contributed by atoms with Crippen molar-refractivity contribution in [3.63, 3.8) is 0 Å². The zero-order valence-electron chi connectivity index (χ0n) is 16.1. The largest absolute Gasteiger partial charge is 0.361 e.